The molecule has 1 saturated heterocycles. The van der Waals surface area contributed by atoms with Crippen molar-refractivity contribution in [2.75, 3.05) is 13.2 Å². The zero-order valence-electron chi connectivity index (χ0n) is 7.46. The van der Waals surface area contributed by atoms with E-state index >= 15 is 0 Å². The standard InChI is InChI=1S/C10H10ClFO2/c11-7-1-2-8(9(12)5-7)10(13)3-4-14-6-10/h1-2,5,13H,3-4,6H2. The van der Waals surface area contributed by atoms with Gasteiger partial charge in [0.25, 0.3) is 0 Å². The highest BCUT2D eigenvalue weighted by Gasteiger charge is 2.36. The summed E-state index contributed by atoms with van der Waals surface area (Å²) in [5.74, 6) is -0.481. The summed E-state index contributed by atoms with van der Waals surface area (Å²) < 4.78 is 18.5. The monoisotopic (exact) mass is 216 g/mol. The first-order valence-corrected chi connectivity index (χ1v) is 4.75. The number of halogens is 2. The van der Waals surface area contributed by atoms with Crippen LogP contribution in [0.2, 0.25) is 5.02 Å². The van der Waals surface area contributed by atoms with Gasteiger partial charge in [0.1, 0.15) is 11.4 Å². The first-order valence-electron chi connectivity index (χ1n) is 4.37. The third-order valence-corrected chi connectivity index (χ3v) is 2.67. The molecule has 0 saturated carbocycles. The molecular weight excluding hydrogens is 207 g/mol. The third kappa shape index (κ3) is 1.63. The quantitative estimate of drug-likeness (QED) is 0.779. The Kier molecular flexibility index (Phi) is 2.47. The van der Waals surface area contributed by atoms with Crippen LogP contribution in [0.15, 0.2) is 18.2 Å². The molecule has 2 rings (SSSR count). The minimum Gasteiger partial charge on any atom is -0.383 e. The van der Waals surface area contributed by atoms with E-state index in [0.29, 0.717) is 18.1 Å². The van der Waals surface area contributed by atoms with Crippen LogP contribution in [0, 0.1) is 5.82 Å². The Balaban J connectivity index is 2.40. The summed E-state index contributed by atoms with van der Waals surface area (Å²) in [6.07, 6.45) is 0.422. The van der Waals surface area contributed by atoms with E-state index < -0.39 is 11.4 Å². The summed E-state index contributed by atoms with van der Waals surface area (Å²) in [5.41, 5.74) is -0.923. The lowest BCUT2D eigenvalue weighted by molar-refractivity contribution is 0.0202. The molecule has 1 aliphatic rings. The second-order valence-corrected chi connectivity index (χ2v) is 3.89. The van der Waals surface area contributed by atoms with E-state index in [2.05, 4.69) is 0 Å². The summed E-state index contributed by atoms with van der Waals surface area (Å²) in [7, 11) is 0. The molecule has 1 aliphatic heterocycles. The van der Waals surface area contributed by atoms with Crippen molar-refractivity contribution in [2.45, 2.75) is 12.0 Å². The first kappa shape index (κ1) is 9.90. The molecular formula is C10H10ClFO2. The highest BCUT2D eigenvalue weighted by Crippen LogP contribution is 2.32. The normalized spacial score (nSPS) is 26.8. The van der Waals surface area contributed by atoms with Gasteiger partial charge in [-0.1, -0.05) is 17.7 Å². The summed E-state index contributed by atoms with van der Waals surface area (Å²) in [6, 6.07) is 4.27. The molecule has 4 heteroatoms. The van der Waals surface area contributed by atoms with Gasteiger partial charge < -0.3 is 9.84 Å². The fraction of sp³-hybridized carbons (Fsp3) is 0.400. The number of hydrogen-bond acceptors (Lipinski definition) is 2. The summed E-state index contributed by atoms with van der Waals surface area (Å²) >= 11 is 5.62. The summed E-state index contributed by atoms with van der Waals surface area (Å²) in [5, 5.41) is 10.4. The number of benzene rings is 1. The third-order valence-electron chi connectivity index (χ3n) is 2.43. The van der Waals surface area contributed by atoms with Crippen molar-refractivity contribution in [3.8, 4) is 0 Å². The maximum absolute atomic E-state index is 13.4. The van der Waals surface area contributed by atoms with Crippen LogP contribution >= 0.6 is 11.6 Å². The molecule has 1 aromatic carbocycles. The number of rotatable bonds is 1. The van der Waals surface area contributed by atoms with E-state index in [9.17, 15) is 9.50 Å². The van der Waals surface area contributed by atoms with Gasteiger partial charge in [-0.05, 0) is 12.1 Å². The van der Waals surface area contributed by atoms with Gasteiger partial charge in [0.15, 0.2) is 0 Å². The van der Waals surface area contributed by atoms with Gasteiger partial charge in [-0.15, -0.1) is 0 Å². The van der Waals surface area contributed by atoms with Crippen LogP contribution < -0.4 is 0 Å². The highest BCUT2D eigenvalue weighted by molar-refractivity contribution is 6.30. The van der Waals surface area contributed by atoms with E-state index in [0.717, 1.165) is 0 Å². The largest absolute Gasteiger partial charge is 0.383 e. The van der Waals surface area contributed by atoms with Gasteiger partial charge in [0, 0.05) is 23.6 Å². The average Bonchev–Trinajstić information content (AvgIpc) is 2.52. The molecule has 2 nitrogen and oxygen atoms in total. The van der Waals surface area contributed by atoms with Crippen molar-refractivity contribution < 1.29 is 14.2 Å². The van der Waals surface area contributed by atoms with E-state index in [-0.39, 0.29) is 12.2 Å². The van der Waals surface area contributed by atoms with Crippen molar-refractivity contribution in [1.29, 1.82) is 0 Å². The first-order chi connectivity index (χ1) is 6.62. The fourth-order valence-corrected chi connectivity index (χ4v) is 1.79. The van der Waals surface area contributed by atoms with Crippen LogP contribution in [0.1, 0.15) is 12.0 Å². The molecule has 1 fully saturated rings. The van der Waals surface area contributed by atoms with E-state index in [1.807, 2.05) is 0 Å². The molecule has 1 N–H and O–H groups in total. The molecule has 14 heavy (non-hydrogen) atoms. The molecule has 1 aromatic rings. The molecule has 0 aromatic heterocycles. The van der Waals surface area contributed by atoms with Gasteiger partial charge in [0.2, 0.25) is 0 Å². The zero-order valence-corrected chi connectivity index (χ0v) is 8.22. The molecule has 0 aliphatic carbocycles. The fourth-order valence-electron chi connectivity index (χ4n) is 1.63. The van der Waals surface area contributed by atoms with Crippen molar-refractivity contribution in [3.05, 3.63) is 34.6 Å². The minimum atomic E-state index is -1.19. The molecule has 1 heterocycles. The molecule has 0 bridgehead atoms. The summed E-state index contributed by atoms with van der Waals surface area (Å²) in [4.78, 5) is 0. The molecule has 1 unspecified atom stereocenters. The van der Waals surface area contributed by atoms with Crippen LogP contribution in [-0.2, 0) is 10.3 Å². The zero-order chi connectivity index (χ0) is 10.2. The van der Waals surface area contributed by atoms with Gasteiger partial charge in [-0.25, -0.2) is 4.39 Å². The number of hydrogen-bond donors (Lipinski definition) is 1. The molecule has 0 radical (unpaired) electrons. The Bertz CT molecular complexity index is 348. The number of aliphatic hydroxyl groups is 1. The topological polar surface area (TPSA) is 29.5 Å². The SMILES string of the molecule is OC1(c2ccc(Cl)cc2F)CCOC1. The predicted octanol–water partition coefficient (Wildman–Crippen LogP) is 2.09. The van der Waals surface area contributed by atoms with Crippen molar-refractivity contribution in [1.82, 2.24) is 0 Å². The Morgan fingerprint density at radius 3 is 2.86 bits per heavy atom. The lowest BCUT2D eigenvalue weighted by atomic mass is 9.93. The van der Waals surface area contributed by atoms with Gasteiger partial charge in [-0.2, -0.15) is 0 Å². The predicted molar refractivity (Wildman–Crippen MR) is 50.7 cm³/mol. The van der Waals surface area contributed by atoms with Crippen molar-refractivity contribution in [3.63, 3.8) is 0 Å². The van der Waals surface area contributed by atoms with Gasteiger partial charge in [0.05, 0.1) is 6.61 Å². The van der Waals surface area contributed by atoms with Crippen LogP contribution in [0.4, 0.5) is 4.39 Å². The lowest BCUT2D eigenvalue weighted by Crippen LogP contribution is -2.26. The average molecular weight is 217 g/mol. The summed E-state index contributed by atoms with van der Waals surface area (Å²) in [6.45, 7) is 0.601. The molecule has 1 atom stereocenters. The smallest absolute Gasteiger partial charge is 0.130 e. The maximum atomic E-state index is 13.4. The van der Waals surface area contributed by atoms with Gasteiger partial charge >= 0.3 is 0 Å². The van der Waals surface area contributed by atoms with Crippen LogP contribution in [0.25, 0.3) is 0 Å². The van der Waals surface area contributed by atoms with Crippen LogP contribution in [-0.4, -0.2) is 18.3 Å². The number of ether oxygens (including phenoxy) is 1. The van der Waals surface area contributed by atoms with E-state index in [4.69, 9.17) is 16.3 Å². The molecule has 0 amide bonds. The Labute approximate surface area is 86.3 Å². The maximum Gasteiger partial charge on any atom is 0.130 e. The van der Waals surface area contributed by atoms with Crippen LogP contribution in [0.5, 0.6) is 0 Å². The van der Waals surface area contributed by atoms with E-state index in [1.165, 1.54) is 12.1 Å². The van der Waals surface area contributed by atoms with Crippen LogP contribution in [0.3, 0.4) is 0 Å². The second kappa shape index (κ2) is 3.50. The second-order valence-electron chi connectivity index (χ2n) is 3.46. The van der Waals surface area contributed by atoms with E-state index in [1.54, 1.807) is 6.07 Å². The Hall–Kier alpha value is -0.640. The Morgan fingerprint density at radius 2 is 2.29 bits per heavy atom. The van der Waals surface area contributed by atoms with Gasteiger partial charge in [-0.3, -0.25) is 0 Å². The lowest BCUT2D eigenvalue weighted by Gasteiger charge is -2.21. The molecule has 0 spiro atoms. The highest BCUT2D eigenvalue weighted by atomic mass is 35.5. The minimum absolute atomic E-state index is 0.144. The molecule has 76 valence electrons. The van der Waals surface area contributed by atoms with Crippen molar-refractivity contribution in [2.24, 2.45) is 0 Å². The van der Waals surface area contributed by atoms with Crippen molar-refractivity contribution >= 4 is 11.6 Å². The Morgan fingerprint density at radius 1 is 1.50 bits per heavy atom.